The van der Waals surface area contributed by atoms with Crippen LogP contribution in [0.3, 0.4) is 0 Å². The zero-order chi connectivity index (χ0) is 13.1. The first-order valence-corrected chi connectivity index (χ1v) is 6.00. The number of carbonyl (C=O) groups is 1. The highest BCUT2D eigenvalue weighted by Crippen LogP contribution is 2.20. The van der Waals surface area contributed by atoms with Gasteiger partial charge in [-0.1, -0.05) is 11.6 Å². The largest absolute Gasteiger partial charge is 0.478 e. The Morgan fingerprint density at radius 1 is 1.33 bits per heavy atom. The molecule has 0 fully saturated rings. The Bertz CT molecular complexity index is 607. The number of hydrogen-bond donors (Lipinski definition) is 2. The lowest BCUT2D eigenvalue weighted by Crippen LogP contribution is -2.01. The summed E-state index contributed by atoms with van der Waals surface area (Å²) >= 11 is 9.04. The van der Waals surface area contributed by atoms with Crippen molar-refractivity contribution in [3.63, 3.8) is 0 Å². The third kappa shape index (κ3) is 3.18. The first kappa shape index (κ1) is 12.8. The summed E-state index contributed by atoms with van der Waals surface area (Å²) < 4.78 is 0.799. The number of carboxylic acid groups (broad SMARTS) is 1. The van der Waals surface area contributed by atoms with E-state index in [1.165, 1.54) is 12.1 Å². The van der Waals surface area contributed by atoms with Gasteiger partial charge in [0.2, 0.25) is 0 Å². The van der Waals surface area contributed by atoms with Crippen molar-refractivity contribution < 1.29 is 9.90 Å². The molecule has 0 spiro atoms. The van der Waals surface area contributed by atoms with Gasteiger partial charge in [0.05, 0.1) is 17.4 Å². The summed E-state index contributed by atoms with van der Waals surface area (Å²) in [6.07, 6.45) is 3.23. The number of hydrogen-bond acceptors (Lipinski definition) is 4. The van der Waals surface area contributed by atoms with E-state index in [1.807, 2.05) is 0 Å². The minimum absolute atomic E-state index is 0.0699. The summed E-state index contributed by atoms with van der Waals surface area (Å²) in [4.78, 5) is 18.8. The number of nitrogens with one attached hydrogen (secondary N) is 1. The summed E-state index contributed by atoms with van der Waals surface area (Å²) in [7, 11) is 0. The van der Waals surface area contributed by atoms with Gasteiger partial charge in [-0.05, 0) is 34.1 Å². The van der Waals surface area contributed by atoms with Crippen molar-refractivity contribution in [2.45, 2.75) is 0 Å². The van der Waals surface area contributed by atoms with E-state index in [-0.39, 0.29) is 10.7 Å². The second-order valence-electron chi connectivity index (χ2n) is 3.39. The number of nitrogens with zero attached hydrogens (tertiary/aromatic N) is 2. The Kier molecular flexibility index (Phi) is 3.78. The minimum atomic E-state index is -1.06. The quantitative estimate of drug-likeness (QED) is 0.845. The average Bonchev–Trinajstić information content (AvgIpc) is 2.28. The van der Waals surface area contributed by atoms with Gasteiger partial charge < -0.3 is 10.4 Å². The van der Waals surface area contributed by atoms with E-state index in [1.54, 1.807) is 18.5 Å². The van der Waals surface area contributed by atoms with E-state index < -0.39 is 5.97 Å². The lowest BCUT2D eigenvalue weighted by atomic mass is 10.2. The third-order valence-corrected chi connectivity index (χ3v) is 2.65. The third-order valence-electron chi connectivity index (χ3n) is 2.02. The molecule has 7 heteroatoms. The fourth-order valence-corrected chi connectivity index (χ4v) is 1.89. The molecular formula is C11H7BrClN3O2. The Balaban J connectivity index is 2.31. The zero-order valence-corrected chi connectivity index (χ0v) is 11.2. The molecule has 0 aliphatic carbocycles. The van der Waals surface area contributed by atoms with Crippen LogP contribution in [0.2, 0.25) is 5.15 Å². The molecule has 0 aliphatic heterocycles. The molecule has 0 aliphatic rings. The van der Waals surface area contributed by atoms with Crippen molar-refractivity contribution in [2.75, 3.05) is 5.32 Å². The molecule has 0 atom stereocenters. The van der Waals surface area contributed by atoms with E-state index >= 15 is 0 Å². The standard InChI is InChI=1S/C11H7BrClN3O2/c12-7-3-8(5-14-4-7)15-10-2-6(11(17)18)1-9(13)16-10/h1-5H,(H,15,16)(H,17,18). The second kappa shape index (κ2) is 5.32. The lowest BCUT2D eigenvalue weighted by molar-refractivity contribution is 0.0697. The molecule has 0 saturated heterocycles. The summed E-state index contributed by atoms with van der Waals surface area (Å²) in [6, 6.07) is 4.47. The molecule has 2 N–H and O–H groups in total. The van der Waals surface area contributed by atoms with Crippen molar-refractivity contribution >= 4 is 45.0 Å². The van der Waals surface area contributed by atoms with Crippen LogP contribution >= 0.6 is 27.5 Å². The van der Waals surface area contributed by atoms with Crippen molar-refractivity contribution in [2.24, 2.45) is 0 Å². The van der Waals surface area contributed by atoms with E-state index in [2.05, 4.69) is 31.2 Å². The normalized spacial score (nSPS) is 10.1. The number of aromatic nitrogens is 2. The monoisotopic (exact) mass is 327 g/mol. The summed E-state index contributed by atoms with van der Waals surface area (Å²) in [5.74, 6) is -0.713. The Labute approximate surface area is 116 Å². The second-order valence-corrected chi connectivity index (χ2v) is 4.69. The van der Waals surface area contributed by atoms with Crippen LogP contribution in [-0.4, -0.2) is 21.0 Å². The van der Waals surface area contributed by atoms with E-state index in [9.17, 15) is 4.79 Å². The van der Waals surface area contributed by atoms with Crippen molar-refractivity contribution in [3.05, 3.63) is 45.8 Å². The van der Waals surface area contributed by atoms with Gasteiger partial charge in [0.1, 0.15) is 11.0 Å². The predicted octanol–water partition coefficient (Wildman–Crippen LogP) is 3.33. The van der Waals surface area contributed by atoms with Crippen LogP contribution in [0.15, 0.2) is 35.1 Å². The molecule has 0 unspecified atom stereocenters. The van der Waals surface area contributed by atoms with E-state index in [4.69, 9.17) is 16.7 Å². The molecule has 0 bridgehead atoms. The highest BCUT2D eigenvalue weighted by atomic mass is 79.9. The van der Waals surface area contributed by atoms with Gasteiger partial charge >= 0.3 is 5.97 Å². The molecule has 0 radical (unpaired) electrons. The molecule has 92 valence electrons. The van der Waals surface area contributed by atoms with Crippen LogP contribution in [0, 0.1) is 0 Å². The van der Waals surface area contributed by atoms with Gasteiger partial charge in [-0.2, -0.15) is 0 Å². The number of carboxylic acids is 1. The van der Waals surface area contributed by atoms with E-state index in [0.717, 1.165) is 4.47 Å². The maximum absolute atomic E-state index is 10.9. The van der Waals surface area contributed by atoms with Crippen LogP contribution < -0.4 is 5.32 Å². The summed E-state index contributed by atoms with van der Waals surface area (Å²) in [5.41, 5.74) is 0.746. The fourth-order valence-electron chi connectivity index (χ4n) is 1.31. The number of rotatable bonds is 3. The summed E-state index contributed by atoms with van der Waals surface area (Å²) in [6.45, 7) is 0. The summed E-state index contributed by atoms with van der Waals surface area (Å²) in [5, 5.41) is 12.0. The lowest BCUT2D eigenvalue weighted by Gasteiger charge is -2.06. The molecule has 2 rings (SSSR count). The van der Waals surface area contributed by atoms with Gasteiger partial charge in [-0.25, -0.2) is 9.78 Å². The van der Waals surface area contributed by atoms with Crippen LogP contribution in [0.5, 0.6) is 0 Å². The van der Waals surface area contributed by atoms with Crippen molar-refractivity contribution in [3.8, 4) is 0 Å². The smallest absolute Gasteiger partial charge is 0.335 e. The van der Waals surface area contributed by atoms with Crippen LogP contribution in [0.25, 0.3) is 0 Å². The maximum Gasteiger partial charge on any atom is 0.335 e. The van der Waals surface area contributed by atoms with Gasteiger partial charge in [0.15, 0.2) is 0 Å². The minimum Gasteiger partial charge on any atom is -0.478 e. The average molecular weight is 329 g/mol. The predicted molar refractivity (Wildman–Crippen MR) is 71.4 cm³/mol. The zero-order valence-electron chi connectivity index (χ0n) is 8.89. The molecular weight excluding hydrogens is 321 g/mol. The Hall–Kier alpha value is -1.66. The number of anilines is 2. The van der Waals surface area contributed by atoms with Crippen LogP contribution in [-0.2, 0) is 0 Å². The number of halogens is 2. The number of aromatic carboxylic acids is 1. The highest BCUT2D eigenvalue weighted by Gasteiger charge is 2.07. The molecule has 5 nitrogen and oxygen atoms in total. The van der Waals surface area contributed by atoms with Crippen molar-refractivity contribution in [1.82, 2.24) is 9.97 Å². The molecule has 2 heterocycles. The van der Waals surface area contributed by atoms with Crippen LogP contribution in [0.1, 0.15) is 10.4 Å². The van der Waals surface area contributed by atoms with Gasteiger partial charge in [-0.15, -0.1) is 0 Å². The topological polar surface area (TPSA) is 75.1 Å². The molecule has 0 aromatic carbocycles. The van der Waals surface area contributed by atoms with Gasteiger partial charge in [0, 0.05) is 10.7 Å². The maximum atomic E-state index is 10.9. The first-order chi connectivity index (χ1) is 8.54. The van der Waals surface area contributed by atoms with Crippen LogP contribution in [0.4, 0.5) is 11.5 Å². The van der Waals surface area contributed by atoms with E-state index in [0.29, 0.717) is 11.5 Å². The molecule has 0 amide bonds. The Morgan fingerprint density at radius 3 is 2.78 bits per heavy atom. The van der Waals surface area contributed by atoms with Crippen molar-refractivity contribution in [1.29, 1.82) is 0 Å². The molecule has 18 heavy (non-hydrogen) atoms. The highest BCUT2D eigenvalue weighted by molar-refractivity contribution is 9.10. The number of pyridine rings is 2. The first-order valence-electron chi connectivity index (χ1n) is 4.83. The molecule has 2 aromatic rings. The fraction of sp³-hybridized carbons (Fsp3) is 0. The van der Waals surface area contributed by atoms with Gasteiger partial charge in [0.25, 0.3) is 0 Å². The SMILES string of the molecule is O=C(O)c1cc(Cl)nc(Nc2cncc(Br)c2)c1. The molecule has 0 saturated carbocycles. The Morgan fingerprint density at radius 2 is 2.11 bits per heavy atom. The molecule has 2 aromatic heterocycles. The van der Waals surface area contributed by atoms with Gasteiger partial charge in [-0.3, -0.25) is 4.98 Å².